The third-order valence-corrected chi connectivity index (χ3v) is 3.09. The van der Waals surface area contributed by atoms with E-state index in [0.717, 1.165) is 22.4 Å². The van der Waals surface area contributed by atoms with Gasteiger partial charge in [-0.05, 0) is 49.7 Å². The number of benzene rings is 2. The third kappa shape index (κ3) is 3.95. The molecule has 0 atom stereocenters. The van der Waals surface area contributed by atoms with E-state index in [1.54, 1.807) is 24.3 Å². The van der Waals surface area contributed by atoms with Gasteiger partial charge in [0.25, 0.3) is 5.91 Å². The second-order valence-corrected chi connectivity index (χ2v) is 4.81. The van der Waals surface area contributed by atoms with Crippen LogP contribution in [0.5, 0.6) is 0 Å². The van der Waals surface area contributed by atoms with Crippen molar-refractivity contribution < 1.29 is 9.90 Å². The van der Waals surface area contributed by atoms with Crippen molar-refractivity contribution >= 4 is 11.6 Å². The van der Waals surface area contributed by atoms with Gasteiger partial charge in [-0.1, -0.05) is 29.5 Å². The lowest BCUT2D eigenvalue weighted by Crippen LogP contribution is -2.13. The maximum atomic E-state index is 12.3. The molecule has 0 spiro atoms. The molecule has 2 aromatic carbocycles. The lowest BCUT2D eigenvalue weighted by Gasteiger charge is -2.08. The summed E-state index contributed by atoms with van der Waals surface area (Å²) in [6.07, 6.45) is 0. The highest BCUT2D eigenvalue weighted by molar-refractivity contribution is 6.05. The molecular weight excluding hydrogens is 262 g/mol. The minimum atomic E-state index is -0.162. The summed E-state index contributed by atoms with van der Waals surface area (Å²) in [5, 5.41) is 11.5. The molecule has 3 heteroatoms. The highest BCUT2D eigenvalue weighted by Gasteiger charge is 2.09. The minimum Gasteiger partial charge on any atom is -0.384 e. The largest absolute Gasteiger partial charge is 0.384 e. The molecular formula is C18H17NO2. The predicted molar refractivity (Wildman–Crippen MR) is 84.3 cm³/mol. The molecule has 2 rings (SSSR count). The summed E-state index contributed by atoms with van der Waals surface area (Å²) >= 11 is 0. The number of hydrogen-bond donors (Lipinski definition) is 2. The minimum absolute atomic E-state index is 0.120. The van der Waals surface area contributed by atoms with Crippen LogP contribution in [0.1, 0.15) is 27.0 Å². The van der Waals surface area contributed by atoms with E-state index < -0.39 is 0 Å². The van der Waals surface area contributed by atoms with E-state index in [2.05, 4.69) is 17.2 Å². The van der Waals surface area contributed by atoms with Crippen LogP contribution in [-0.2, 0) is 0 Å². The molecule has 0 fully saturated rings. The van der Waals surface area contributed by atoms with Gasteiger partial charge in [0.15, 0.2) is 0 Å². The highest BCUT2D eigenvalue weighted by atomic mass is 16.2. The summed E-state index contributed by atoms with van der Waals surface area (Å²) in [6.45, 7) is 3.72. The normalized spacial score (nSPS) is 9.67. The number of nitrogens with one attached hydrogen (secondary N) is 1. The molecule has 0 bridgehead atoms. The van der Waals surface area contributed by atoms with Crippen LogP contribution in [0.25, 0.3) is 0 Å². The quantitative estimate of drug-likeness (QED) is 0.830. The SMILES string of the molecule is Cc1ccc(C)c(C(=O)Nc2ccc(C#CCO)cc2)c1. The first-order valence-electron chi connectivity index (χ1n) is 6.68. The highest BCUT2D eigenvalue weighted by Crippen LogP contribution is 2.14. The van der Waals surface area contributed by atoms with Gasteiger partial charge < -0.3 is 10.4 Å². The number of aliphatic hydroxyl groups excluding tert-OH is 1. The molecule has 21 heavy (non-hydrogen) atoms. The molecule has 1 amide bonds. The van der Waals surface area contributed by atoms with Gasteiger partial charge in [0.1, 0.15) is 6.61 Å². The fourth-order valence-electron chi connectivity index (χ4n) is 1.96. The van der Waals surface area contributed by atoms with Crippen molar-refractivity contribution in [1.82, 2.24) is 0 Å². The Morgan fingerprint density at radius 2 is 1.86 bits per heavy atom. The van der Waals surface area contributed by atoms with Gasteiger partial charge in [-0.15, -0.1) is 0 Å². The molecule has 106 valence electrons. The number of hydrogen-bond acceptors (Lipinski definition) is 2. The van der Waals surface area contributed by atoms with Crippen molar-refractivity contribution in [3.8, 4) is 11.8 Å². The monoisotopic (exact) mass is 279 g/mol. The van der Waals surface area contributed by atoms with E-state index in [0.29, 0.717) is 5.56 Å². The zero-order valence-electron chi connectivity index (χ0n) is 12.1. The van der Waals surface area contributed by atoms with Crippen LogP contribution in [0.2, 0.25) is 0 Å². The lowest BCUT2D eigenvalue weighted by molar-refractivity contribution is 0.102. The molecule has 0 heterocycles. The molecule has 0 aliphatic rings. The first-order chi connectivity index (χ1) is 10.1. The van der Waals surface area contributed by atoms with Crippen molar-refractivity contribution in [2.24, 2.45) is 0 Å². The Labute approximate surface area is 124 Å². The van der Waals surface area contributed by atoms with Crippen LogP contribution in [0.3, 0.4) is 0 Å². The molecule has 0 aliphatic carbocycles. The molecule has 0 saturated carbocycles. The van der Waals surface area contributed by atoms with Crippen LogP contribution in [0.4, 0.5) is 5.69 Å². The Hall–Kier alpha value is -2.57. The van der Waals surface area contributed by atoms with Gasteiger partial charge in [0.2, 0.25) is 0 Å². The summed E-state index contributed by atoms with van der Waals surface area (Å²) < 4.78 is 0. The topological polar surface area (TPSA) is 49.3 Å². The Morgan fingerprint density at radius 3 is 2.52 bits per heavy atom. The lowest BCUT2D eigenvalue weighted by atomic mass is 10.0. The molecule has 0 saturated heterocycles. The van der Waals surface area contributed by atoms with Gasteiger partial charge in [-0.25, -0.2) is 0 Å². The summed E-state index contributed by atoms with van der Waals surface area (Å²) in [5.41, 5.74) is 4.20. The van der Waals surface area contributed by atoms with Gasteiger partial charge in [-0.3, -0.25) is 4.79 Å². The number of carbonyl (C=O) groups excluding carboxylic acids is 1. The molecule has 0 aromatic heterocycles. The molecule has 0 radical (unpaired) electrons. The average molecular weight is 279 g/mol. The Kier molecular flexibility index (Phi) is 4.76. The van der Waals surface area contributed by atoms with E-state index in [1.165, 1.54) is 0 Å². The summed E-state index contributed by atoms with van der Waals surface area (Å²) in [6, 6.07) is 13.0. The molecule has 2 aromatic rings. The number of aryl methyl sites for hydroxylation is 2. The summed E-state index contributed by atoms with van der Waals surface area (Å²) in [4.78, 5) is 12.3. The van der Waals surface area contributed by atoms with Crippen LogP contribution in [0, 0.1) is 25.7 Å². The van der Waals surface area contributed by atoms with Crippen LogP contribution in [0.15, 0.2) is 42.5 Å². The molecule has 2 N–H and O–H groups in total. The van der Waals surface area contributed by atoms with Gasteiger partial charge in [0, 0.05) is 16.8 Å². The van der Waals surface area contributed by atoms with Gasteiger partial charge in [-0.2, -0.15) is 0 Å². The van der Waals surface area contributed by atoms with E-state index in [4.69, 9.17) is 5.11 Å². The van der Waals surface area contributed by atoms with Crippen LogP contribution in [-0.4, -0.2) is 17.6 Å². The summed E-state index contributed by atoms with van der Waals surface area (Å²) in [5.74, 6) is 5.27. The van der Waals surface area contributed by atoms with E-state index in [-0.39, 0.29) is 12.5 Å². The maximum Gasteiger partial charge on any atom is 0.255 e. The average Bonchev–Trinajstić information content (AvgIpc) is 2.49. The summed E-state index contributed by atoms with van der Waals surface area (Å²) in [7, 11) is 0. The standard InChI is InChI=1S/C18H17NO2/c1-13-5-6-14(2)17(12-13)18(21)19-16-9-7-15(8-10-16)4-3-11-20/h5-10,12,20H,11H2,1-2H3,(H,19,21). The van der Waals surface area contributed by atoms with E-state index in [9.17, 15) is 4.79 Å². The first-order valence-corrected chi connectivity index (χ1v) is 6.68. The van der Waals surface area contributed by atoms with Crippen molar-refractivity contribution in [2.45, 2.75) is 13.8 Å². The van der Waals surface area contributed by atoms with E-state index in [1.807, 2.05) is 32.0 Å². The zero-order valence-corrected chi connectivity index (χ0v) is 12.1. The molecule has 0 unspecified atom stereocenters. The van der Waals surface area contributed by atoms with Gasteiger partial charge >= 0.3 is 0 Å². The zero-order chi connectivity index (χ0) is 15.2. The number of amides is 1. The predicted octanol–water partition coefficient (Wildman–Crippen LogP) is 2.90. The Morgan fingerprint density at radius 1 is 1.14 bits per heavy atom. The van der Waals surface area contributed by atoms with Crippen molar-refractivity contribution in [2.75, 3.05) is 11.9 Å². The second-order valence-electron chi connectivity index (χ2n) is 4.81. The second kappa shape index (κ2) is 6.74. The molecule has 3 nitrogen and oxygen atoms in total. The maximum absolute atomic E-state index is 12.3. The fraction of sp³-hybridized carbons (Fsp3) is 0.167. The Balaban J connectivity index is 2.14. The Bertz CT molecular complexity index is 706. The van der Waals surface area contributed by atoms with E-state index >= 15 is 0 Å². The molecule has 0 aliphatic heterocycles. The van der Waals surface area contributed by atoms with Crippen molar-refractivity contribution in [3.05, 3.63) is 64.7 Å². The van der Waals surface area contributed by atoms with Crippen molar-refractivity contribution in [1.29, 1.82) is 0 Å². The fourth-order valence-corrected chi connectivity index (χ4v) is 1.96. The van der Waals surface area contributed by atoms with Crippen LogP contribution < -0.4 is 5.32 Å². The number of aliphatic hydroxyl groups is 1. The number of anilines is 1. The smallest absolute Gasteiger partial charge is 0.255 e. The number of rotatable bonds is 2. The number of carbonyl (C=O) groups is 1. The van der Waals surface area contributed by atoms with Crippen molar-refractivity contribution in [3.63, 3.8) is 0 Å². The van der Waals surface area contributed by atoms with Gasteiger partial charge in [0.05, 0.1) is 0 Å². The third-order valence-electron chi connectivity index (χ3n) is 3.09. The van der Waals surface area contributed by atoms with Crippen LogP contribution >= 0.6 is 0 Å². The first kappa shape index (κ1) is 14.8.